The highest BCUT2D eigenvalue weighted by Gasteiger charge is 2.31. The van der Waals surface area contributed by atoms with Crippen LogP contribution in [0.2, 0.25) is 0 Å². The fraction of sp³-hybridized carbons (Fsp3) is 0.714. The number of amides is 1. The number of rotatable bonds is 1. The van der Waals surface area contributed by atoms with E-state index in [9.17, 15) is 4.79 Å². The number of hydrogen-bond acceptors (Lipinski definition) is 3. The van der Waals surface area contributed by atoms with Crippen LogP contribution >= 0.6 is 15.9 Å². The second-order valence-electron chi connectivity index (χ2n) is 5.76. The lowest BCUT2D eigenvalue weighted by Crippen LogP contribution is -2.48. The van der Waals surface area contributed by atoms with Crippen LogP contribution in [0.15, 0.2) is 4.47 Å². The van der Waals surface area contributed by atoms with Gasteiger partial charge in [0.1, 0.15) is 0 Å². The van der Waals surface area contributed by atoms with Crippen molar-refractivity contribution in [3.8, 4) is 0 Å². The Hall–Kier alpha value is -0.880. The van der Waals surface area contributed by atoms with E-state index in [1.165, 1.54) is 6.42 Å². The third-order valence-corrected chi connectivity index (χ3v) is 4.77. The van der Waals surface area contributed by atoms with Gasteiger partial charge in [-0.1, -0.05) is 0 Å². The number of nitrogens with zero attached hydrogens (tertiary/aromatic N) is 3. The summed E-state index contributed by atoms with van der Waals surface area (Å²) < 4.78 is 8.55. The Morgan fingerprint density at radius 1 is 1.30 bits per heavy atom. The fourth-order valence-electron chi connectivity index (χ4n) is 3.08. The van der Waals surface area contributed by atoms with Crippen molar-refractivity contribution in [1.29, 1.82) is 0 Å². The number of carbonyl (C=O) groups excluding carboxylic acids is 1. The van der Waals surface area contributed by atoms with Crippen LogP contribution in [0, 0.1) is 0 Å². The number of hydrogen-bond donors (Lipinski definition) is 0. The zero-order valence-corrected chi connectivity index (χ0v) is 13.5. The smallest absolute Gasteiger partial charge is 0.275 e. The molecule has 2 atom stereocenters. The van der Waals surface area contributed by atoms with Gasteiger partial charge in [0.05, 0.1) is 22.4 Å². The minimum Gasteiger partial charge on any atom is -0.372 e. The van der Waals surface area contributed by atoms with Crippen LogP contribution in [-0.4, -0.2) is 45.9 Å². The number of carbonyl (C=O) groups is 1. The van der Waals surface area contributed by atoms with Gasteiger partial charge in [0.15, 0.2) is 5.69 Å². The summed E-state index contributed by atoms with van der Waals surface area (Å²) in [6.45, 7) is 6.19. The molecule has 5 nitrogen and oxygen atoms in total. The van der Waals surface area contributed by atoms with E-state index >= 15 is 0 Å². The summed E-state index contributed by atoms with van der Waals surface area (Å²) in [7, 11) is 0. The zero-order chi connectivity index (χ0) is 14.3. The topological polar surface area (TPSA) is 47.4 Å². The number of aryl methyl sites for hydroxylation is 1. The van der Waals surface area contributed by atoms with E-state index in [4.69, 9.17) is 4.74 Å². The van der Waals surface area contributed by atoms with Gasteiger partial charge >= 0.3 is 0 Å². The monoisotopic (exact) mass is 341 g/mol. The van der Waals surface area contributed by atoms with Crippen molar-refractivity contribution in [2.75, 3.05) is 13.1 Å². The first kappa shape index (κ1) is 14.1. The third kappa shape index (κ3) is 2.51. The number of fused-ring (bicyclic) bond motifs is 1. The molecule has 0 saturated carbocycles. The van der Waals surface area contributed by atoms with E-state index in [0.29, 0.717) is 18.8 Å². The van der Waals surface area contributed by atoms with Crippen molar-refractivity contribution >= 4 is 21.8 Å². The number of halogens is 1. The molecule has 1 amide bonds. The van der Waals surface area contributed by atoms with Crippen molar-refractivity contribution in [1.82, 2.24) is 14.7 Å². The van der Waals surface area contributed by atoms with Gasteiger partial charge in [-0.05, 0) is 49.0 Å². The van der Waals surface area contributed by atoms with E-state index in [2.05, 4.69) is 21.0 Å². The molecule has 1 fully saturated rings. The third-order valence-electron chi connectivity index (χ3n) is 3.94. The molecular weight excluding hydrogens is 322 g/mol. The maximum Gasteiger partial charge on any atom is 0.275 e. The lowest BCUT2D eigenvalue weighted by atomic mass is 10.1. The van der Waals surface area contributed by atoms with Gasteiger partial charge in [0.2, 0.25) is 0 Å². The first-order valence-electron chi connectivity index (χ1n) is 7.26. The van der Waals surface area contributed by atoms with Crippen molar-refractivity contribution < 1.29 is 9.53 Å². The van der Waals surface area contributed by atoms with Gasteiger partial charge in [-0.15, -0.1) is 0 Å². The lowest BCUT2D eigenvalue weighted by molar-refractivity contribution is -0.0587. The summed E-state index contributed by atoms with van der Waals surface area (Å²) in [4.78, 5) is 14.6. The van der Waals surface area contributed by atoms with Gasteiger partial charge in [-0.3, -0.25) is 9.48 Å². The quantitative estimate of drug-likeness (QED) is 0.786. The molecule has 0 bridgehead atoms. The molecule has 0 radical (unpaired) electrons. The molecule has 3 rings (SSSR count). The van der Waals surface area contributed by atoms with Crippen LogP contribution in [0.3, 0.4) is 0 Å². The van der Waals surface area contributed by atoms with Gasteiger partial charge in [0, 0.05) is 19.6 Å². The van der Waals surface area contributed by atoms with Gasteiger partial charge in [-0.2, -0.15) is 5.10 Å². The Morgan fingerprint density at radius 3 is 2.65 bits per heavy atom. The summed E-state index contributed by atoms with van der Waals surface area (Å²) in [6.07, 6.45) is 3.47. The van der Waals surface area contributed by atoms with E-state index in [-0.39, 0.29) is 18.1 Å². The average molecular weight is 342 g/mol. The van der Waals surface area contributed by atoms with Gasteiger partial charge < -0.3 is 9.64 Å². The second kappa shape index (κ2) is 5.48. The maximum atomic E-state index is 12.7. The maximum absolute atomic E-state index is 12.7. The minimum atomic E-state index is 0.0146. The first-order chi connectivity index (χ1) is 9.56. The SMILES string of the molecule is CC1CN(C(=O)c2nn3c(c2Br)CCCC3)CC(C)O1. The molecule has 1 saturated heterocycles. The Bertz CT molecular complexity index is 519. The highest BCUT2D eigenvalue weighted by Crippen LogP contribution is 2.28. The standard InChI is InChI=1S/C14H20BrN3O2/c1-9-7-17(8-10(2)20-9)14(19)13-12(15)11-5-3-4-6-18(11)16-13/h9-10H,3-8H2,1-2H3. The molecule has 110 valence electrons. The average Bonchev–Trinajstić information content (AvgIpc) is 2.75. The first-order valence-corrected chi connectivity index (χ1v) is 8.05. The summed E-state index contributed by atoms with van der Waals surface area (Å²) in [5, 5.41) is 4.51. The Kier molecular flexibility index (Phi) is 3.86. The Morgan fingerprint density at radius 2 is 2.00 bits per heavy atom. The molecule has 1 aromatic heterocycles. The predicted octanol–water partition coefficient (Wildman–Crippen LogP) is 2.23. The normalized spacial score (nSPS) is 26.4. The molecule has 20 heavy (non-hydrogen) atoms. The molecular formula is C14H20BrN3O2. The Labute approximate surface area is 127 Å². The minimum absolute atomic E-state index is 0.0146. The summed E-state index contributed by atoms with van der Waals surface area (Å²) in [5.41, 5.74) is 1.72. The Balaban J connectivity index is 1.85. The van der Waals surface area contributed by atoms with Crippen LogP contribution in [0.5, 0.6) is 0 Å². The molecule has 2 aliphatic heterocycles. The number of aromatic nitrogens is 2. The lowest BCUT2D eigenvalue weighted by Gasteiger charge is -2.34. The van der Waals surface area contributed by atoms with Crippen molar-refractivity contribution in [2.45, 2.75) is 51.9 Å². The molecule has 0 N–H and O–H groups in total. The zero-order valence-electron chi connectivity index (χ0n) is 11.9. The molecule has 0 aliphatic carbocycles. The molecule has 1 aromatic rings. The van der Waals surface area contributed by atoms with Gasteiger partial charge in [-0.25, -0.2) is 0 Å². The molecule has 0 spiro atoms. The number of ether oxygens (including phenoxy) is 1. The number of morpholine rings is 1. The van der Waals surface area contributed by atoms with E-state index in [1.807, 2.05) is 23.4 Å². The van der Waals surface area contributed by atoms with E-state index < -0.39 is 0 Å². The largest absolute Gasteiger partial charge is 0.372 e. The fourth-order valence-corrected chi connectivity index (χ4v) is 3.73. The summed E-state index contributed by atoms with van der Waals surface area (Å²) >= 11 is 3.57. The highest BCUT2D eigenvalue weighted by atomic mass is 79.9. The van der Waals surface area contributed by atoms with Crippen LogP contribution in [0.25, 0.3) is 0 Å². The van der Waals surface area contributed by atoms with E-state index in [1.54, 1.807) is 0 Å². The van der Waals surface area contributed by atoms with Crippen molar-refractivity contribution in [3.05, 3.63) is 15.9 Å². The van der Waals surface area contributed by atoms with E-state index in [0.717, 1.165) is 29.6 Å². The van der Waals surface area contributed by atoms with Crippen LogP contribution < -0.4 is 0 Å². The molecule has 2 aliphatic rings. The molecule has 6 heteroatoms. The van der Waals surface area contributed by atoms with Crippen LogP contribution in [0.4, 0.5) is 0 Å². The molecule has 3 heterocycles. The van der Waals surface area contributed by atoms with Crippen LogP contribution in [-0.2, 0) is 17.7 Å². The van der Waals surface area contributed by atoms with Crippen molar-refractivity contribution in [3.63, 3.8) is 0 Å². The second-order valence-corrected chi connectivity index (χ2v) is 6.55. The van der Waals surface area contributed by atoms with Crippen molar-refractivity contribution in [2.24, 2.45) is 0 Å². The highest BCUT2D eigenvalue weighted by molar-refractivity contribution is 9.10. The molecule has 2 unspecified atom stereocenters. The predicted molar refractivity (Wildman–Crippen MR) is 78.8 cm³/mol. The van der Waals surface area contributed by atoms with Gasteiger partial charge in [0.25, 0.3) is 5.91 Å². The summed E-state index contributed by atoms with van der Waals surface area (Å²) in [6, 6.07) is 0. The molecule has 0 aromatic carbocycles. The van der Waals surface area contributed by atoms with Crippen LogP contribution in [0.1, 0.15) is 42.9 Å². The summed E-state index contributed by atoms with van der Waals surface area (Å²) in [5.74, 6) is 0.0146.